The Bertz CT molecular complexity index is 3630. The summed E-state index contributed by atoms with van der Waals surface area (Å²) in [6, 6.07) is 19.4. The van der Waals surface area contributed by atoms with E-state index in [0.29, 0.717) is 0 Å². The second kappa shape index (κ2) is 6.08. The van der Waals surface area contributed by atoms with Crippen LogP contribution in [0.25, 0.3) is 163 Å². The van der Waals surface area contributed by atoms with Crippen LogP contribution >= 0.6 is 0 Å². The molecule has 0 fully saturated rings. The molecule has 10 aromatic carbocycles. The summed E-state index contributed by atoms with van der Waals surface area (Å²) in [7, 11) is 0. The molecule has 0 atom stereocenters. The number of nitrogens with one attached hydrogen (secondary N) is 3. The zero-order chi connectivity index (χ0) is 30.0. The van der Waals surface area contributed by atoms with Gasteiger partial charge < -0.3 is 28.2 Å². The number of fused-ring (bicyclic) bond motifs is 6. The maximum absolute atomic E-state index is 6.94. The summed E-state index contributed by atoms with van der Waals surface area (Å²) in [5.41, 5.74) is 8.87. The molecule has 0 bridgehead atoms. The summed E-state index contributed by atoms with van der Waals surface area (Å²) in [4.78, 5) is 11.3. The number of hydrogen-bond donors (Lipinski definition) is 3. The minimum absolute atomic E-state index is 0.903. The summed E-state index contributed by atoms with van der Waals surface area (Å²) >= 11 is 0. The zero-order valence-corrected chi connectivity index (χ0v) is 24.7. The van der Waals surface area contributed by atoms with E-state index in [1.165, 1.54) is 64.6 Å². The molecular weight excluding hydrogens is 594 g/mol. The molecule has 6 aromatic heterocycles. The first-order valence-corrected chi connectivity index (χ1v) is 16.4. The fourth-order valence-electron chi connectivity index (χ4n) is 10.8. The number of hydrogen-bond acceptors (Lipinski definition) is 3. The predicted octanol–water partition coefficient (Wildman–Crippen LogP) is 12.4. The lowest BCUT2D eigenvalue weighted by Gasteiger charge is -2.16. The van der Waals surface area contributed by atoms with Gasteiger partial charge in [-0.2, -0.15) is 0 Å². The summed E-state index contributed by atoms with van der Waals surface area (Å²) in [5, 5.41) is 25.1. The Labute approximate surface area is 264 Å². The van der Waals surface area contributed by atoms with E-state index in [0.717, 1.165) is 98.5 Å². The first-order chi connectivity index (χ1) is 23.8. The Morgan fingerprint density at radius 2 is 0.604 bits per heavy atom. The van der Waals surface area contributed by atoms with Gasteiger partial charge in [0.1, 0.15) is 33.5 Å². The quantitative estimate of drug-likeness (QED) is 0.150. The fraction of sp³-hybridized carbons (Fsp3) is 0. The van der Waals surface area contributed by atoms with Crippen LogP contribution < -0.4 is 0 Å². The molecular formula is C42H15N3O3. The van der Waals surface area contributed by atoms with Gasteiger partial charge in [-0.25, -0.2) is 0 Å². The zero-order valence-electron chi connectivity index (χ0n) is 24.7. The maximum atomic E-state index is 6.94. The Morgan fingerprint density at radius 3 is 0.938 bits per heavy atom. The van der Waals surface area contributed by atoms with Crippen molar-refractivity contribution in [1.29, 1.82) is 0 Å². The minimum atomic E-state index is 0.903. The third-order valence-electron chi connectivity index (χ3n) is 12.3. The van der Waals surface area contributed by atoms with E-state index < -0.39 is 0 Å². The van der Waals surface area contributed by atoms with Gasteiger partial charge in [-0.05, 0) is 18.2 Å². The molecule has 216 valence electrons. The highest BCUT2D eigenvalue weighted by atomic mass is 16.3. The first-order valence-electron chi connectivity index (χ1n) is 16.4. The number of aromatic amines is 3. The molecule has 16 aromatic rings. The molecule has 0 amide bonds. The number of H-pyrrole nitrogens is 3. The van der Waals surface area contributed by atoms with E-state index in [-0.39, 0.29) is 0 Å². The Balaban J connectivity index is 1.52. The molecule has 0 spiro atoms. The van der Waals surface area contributed by atoms with Gasteiger partial charge in [-0.1, -0.05) is 36.4 Å². The molecule has 6 heteroatoms. The highest BCUT2D eigenvalue weighted by Crippen LogP contribution is 2.60. The van der Waals surface area contributed by atoms with Crippen molar-refractivity contribution in [3.05, 3.63) is 73.2 Å². The predicted molar refractivity (Wildman–Crippen MR) is 196 cm³/mol. The Kier molecular flexibility index (Phi) is 2.68. The number of benzene rings is 7. The standard InChI is InChI=1S/C42H15N3O3/c1-4-13-22-19(7-1)46-40-17-11-44-38-14-5-2-9-21-24(14)36-33-29(26(17)38)31(34(22)40)28-25-16(10-43-37(13)25)41-35-23-15(6-3-8-20(23)47-41)39-27(30(33)32(28)35)18(12-45-39)42(36)48-21/h1-12,43-45H. The smallest absolute Gasteiger partial charge is 0.145 e. The summed E-state index contributed by atoms with van der Waals surface area (Å²) in [5.74, 6) is 0. The summed E-state index contributed by atoms with van der Waals surface area (Å²) < 4.78 is 20.8. The van der Waals surface area contributed by atoms with Crippen molar-refractivity contribution in [3.8, 4) is 0 Å². The van der Waals surface area contributed by atoms with Gasteiger partial charge >= 0.3 is 0 Å². The van der Waals surface area contributed by atoms with Gasteiger partial charge in [0.2, 0.25) is 0 Å². The molecule has 48 heavy (non-hydrogen) atoms. The number of aromatic nitrogens is 3. The molecule has 0 aliphatic heterocycles. The van der Waals surface area contributed by atoms with Gasteiger partial charge in [0, 0.05) is 132 Å². The fourth-order valence-corrected chi connectivity index (χ4v) is 10.8. The third kappa shape index (κ3) is 1.74. The van der Waals surface area contributed by atoms with Crippen LogP contribution in [0.1, 0.15) is 0 Å². The van der Waals surface area contributed by atoms with Crippen molar-refractivity contribution >= 4 is 163 Å². The molecule has 0 aliphatic rings. The van der Waals surface area contributed by atoms with E-state index in [2.05, 4.69) is 88.1 Å². The SMILES string of the molecule is c1cc2oc3c4c[nH]c5c6cccc7oc8c9c[nH]c%10c%11cccc%12oc%13c%14c[nH]c%15c(c1)c2c3c1c(c45)c(c8c76)c(c9%10)c(c%13c%12%11)c1c%14%15. The minimum Gasteiger partial charge on any atom is -0.455 e. The topological polar surface area (TPSA) is 86.8 Å². The summed E-state index contributed by atoms with van der Waals surface area (Å²) in [6.07, 6.45) is 6.49. The van der Waals surface area contributed by atoms with Crippen molar-refractivity contribution in [2.45, 2.75) is 0 Å². The van der Waals surface area contributed by atoms with Crippen LogP contribution in [0.4, 0.5) is 0 Å². The van der Waals surface area contributed by atoms with Gasteiger partial charge in [0.05, 0.1) is 16.6 Å². The number of rotatable bonds is 0. The van der Waals surface area contributed by atoms with Gasteiger partial charge in [0.15, 0.2) is 0 Å². The van der Waals surface area contributed by atoms with Crippen LogP contribution in [-0.4, -0.2) is 15.0 Å². The van der Waals surface area contributed by atoms with E-state index in [9.17, 15) is 0 Å². The van der Waals surface area contributed by atoms with Crippen LogP contribution in [0.15, 0.2) is 86.4 Å². The van der Waals surface area contributed by atoms with Crippen LogP contribution in [-0.2, 0) is 0 Å². The van der Waals surface area contributed by atoms with Gasteiger partial charge in [-0.3, -0.25) is 0 Å². The molecule has 3 N–H and O–H groups in total. The van der Waals surface area contributed by atoms with Crippen molar-refractivity contribution < 1.29 is 13.3 Å². The average Bonchev–Trinajstić information content (AvgIpc) is 3.94. The van der Waals surface area contributed by atoms with Crippen LogP contribution in [0.3, 0.4) is 0 Å². The molecule has 6 nitrogen and oxygen atoms in total. The van der Waals surface area contributed by atoms with Crippen molar-refractivity contribution in [1.82, 2.24) is 15.0 Å². The lowest BCUT2D eigenvalue weighted by molar-refractivity contribution is 0.673. The third-order valence-corrected chi connectivity index (χ3v) is 12.3. The highest BCUT2D eigenvalue weighted by molar-refractivity contribution is 6.60. The molecule has 16 rings (SSSR count). The largest absolute Gasteiger partial charge is 0.455 e. The number of furan rings is 3. The Morgan fingerprint density at radius 1 is 0.292 bits per heavy atom. The Hall–Kier alpha value is -6.66. The van der Waals surface area contributed by atoms with E-state index in [1.807, 2.05) is 0 Å². The lowest BCUT2D eigenvalue weighted by Crippen LogP contribution is -1.88. The van der Waals surface area contributed by atoms with E-state index in [1.54, 1.807) is 0 Å². The first kappa shape index (κ1) is 21.2. The monoisotopic (exact) mass is 609 g/mol. The van der Waals surface area contributed by atoms with Crippen molar-refractivity contribution in [3.63, 3.8) is 0 Å². The van der Waals surface area contributed by atoms with E-state index in [4.69, 9.17) is 13.3 Å². The van der Waals surface area contributed by atoms with Crippen LogP contribution in [0, 0.1) is 0 Å². The lowest BCUT2D eigenvalue weighted by atomic mass is 9.85. The van der Waals surface area contributed by atoms with Crippen molar-refractivity contribution in [2.24, 2.45) is 0 Å². The molecule has 6 heterocycles. The molecule has 0 unspecified atom stereocenters. The second-order valence-corrected chi connectivity index (χ2v) is 14.1. The van der Waals surface area contributed by atoms with Crippen LogP contribution in [0.2, 0.25) is 0 Å². The van der Waals surface area contributed by atoms with E-state index >= 15 is 0 Å². The molecule has 0 saturated carbocycles. The van der Waals surface area contributed by atoms with Crippen molar-refractivity contribution in [2.75, 3.05) is 0 Å². The normalized spacial score (nSPS) is 14.2. The molecule has 0 radical (unpaired) electrons. The molecule has 0 saturated heterocycles. The highest BCUT2D eigenvalue weighted by Gasteiger charge is 2.34. The van der Waals surface area contributed by atoms with Gasteiger partial charge in [-0.15, -0.1) is 0 Å². The van der Waals surface area contributed by atoms with Crippen LogP contribution in [0.5, 0.6) is 0 Å². The van der Waals surface area contributed by atoms with Gasteiger partial charge in [0.25, 0.3) is 0 Å². The molecule has 0 aliphatic carbocycles. The average molecular weight is 610 g/mol. The summed E-state index contributed by atoms with van der Waals surface area (Å²) in [6.45, 7) is 0. The maximum Gasteiger partial charge on any atom is 0.145 e. The second-order valence-electron chi connectivity index (χ2n) is 14.1.